The van der Waals surface area contributed by atoms with Gasteiger partial charge in [0.25, 0.3) is 0 Å². The molecule has 0 aromatic heterocycles. The van der Waals surface area contributed by atoms with Crippen LogP contribution in [0.25, 0.3) is 0 Å². The largest absolute Gasteiger partial charge is 0.494 e. The molecule has 26 heavy (non-hydrogen) atoms. The maximum atomic E-state index is 11.8. The Labute approximate surface area is 156 Å². The lowest BCUT2D eigenvalue weighted by atomic mass is 9.90. The van der Waals surface area contributed by atoms with E-state index in [2.05, 4.69) is 0 Å². The van der Waals surface area contributed by atoms with Gasteiger partial charge in [-0.3, -0.25) is 9.59 Å². The van der Waals surface area contributed by atoms with Crippen molar-refractivity contribution in [3.8, 4) is 5.75 Å². The van der Waals surface area contributed by atoms with Gasteiger partial charge < -0.3 is 4.74 Å². The molecule has 1 aromatic carbocycles. The molecular formula is C19H29NO5S. The van der Waals surface area contributed by atoms with Crippen LogP contribution in [-0.2, 0) is 19.6 Å². The van der Waals surface area contributed by atoms with Crippen molar-refractivity contribution in [1.82, 2.24) is 0 Å². The van der Waals surface area contributed by atoms with Gasteiger partial charge in [0.1, 0.15) is 17.3 Å². The average molecular weight is 384 g/mol. The van der Waals surface area contributed by atoms with Gasteiger partial charge in [-0.15, -0.1) is 0 Å². The topological polar surface area (TPSA) is 104 Å². The minimum Gasteiger partial charge on any atom is -0.494 e. The highest BCUT2D eigenvalue weighted by molar-refractivity contribution is 7.89. The molecule has 7 heteroatoms. The summed E-state index contributed by atoms with van der Waals surface area (Å²) in [7, 11) is -3.68. The lowest BCUT2D eigenvalue weighted by molar-refractivity contribution is -0.132. The maximum Gasteiger partial charge on any atom is 0.238 e. The number of hydrogen-bond donors (Lipinski definition) is 1. The van der Waals surface area contributed by atoms with Crippen LogP contribution < -0.4 is 9.88 Å². The van der Waals surface area contributed by atoms with Crippen LogP contribution >= 0.6 is 0 Å². The molecule has 1 aromatic rings. The Kier molecular flexibility index (Phi) is 9.51. The van der Waals surface area contributed by atoms with Crippen molar-refractivity contribution in [2.75, 3.05) is 6.61 Å². The first-order chi connectivity index (χ1) is 12.3. The van der Waals surface area contributed by atoms with E-state index in [1.165, 1.54) is 12.1 Å². The first-order valence-corrected chi connectivity index (χ1v) is 10.6. The van der Waals surface area contributed by atoms with E-state index >= 15 is 0 Å². The number of primary sulfonamides is 1. The number of unbranched alkanes of at least 4 members (excludes halogenated alkanes) is 3. The molecule has 0 heterocycles. The van der Waals surface area contributed by atoms with Crippen LogP contribution in [0.15, 0.2) is 29.2 Å². The second kappa shape index (κ2) is 11.1. The number of ether oxygens (including phenoxy) is 1. The van der Waals surface area contributed by atoms with E-state index in [-0.39, 0.29) is 16.5 Å². The van der Waals surface area contributed by atoms with Crippen molar-refractivity contribution in [1.29, 1.82) is 0 Å². The molecule has 0 spiro atoms. The second-order valence-corrected chi connectivity index (χ2v) is 7.82. The number of carbonyl (C=O) groups excluding carboxylic acids is 2. The first kappa shape index (κ1) is 22.3. The van der Waals surface area contributed by atoms with Crippen LogP contribution in [0.5, 0.6) is 5.75 Å². The molecule has 0 aliphatic carbocycles. The third-order valence-corrected chi connectivity index (χ3v) is 5.21. The van der Waals surface area contributed by atoms with Gasteiger partial charge in [0.2, 0.25) is 10.0 Å². The molecule has 0 amide bonds. The fourth-order valence-electron chi connectivity index (χ4n) is 2.71. The summed E-state index contributed by atoms with van der Waals surface area (Å²) in [6.45, 7) is 4.12. The number of ketones is 2. The van der Waals surface area contributed by atoms with E-state index in [9.17, 15) is 18.0 Å². The Morgan fingerprint density at radius 1 is 0.962 bits per heavy atom. The quantitative estimate of drug-likeness (QED) is 0.416. The van der Waals surface area contributed by atoms with Crippen molar-refractivity contribution < 1.29 is 22.7 Å². The molecule has 0 radical (unpaired) electrons. The van der Waals surface area contributed by atoms with Crippen LogP contribution in [0, 0.1) is 5.92 Å². The number of benzene rings is 1. The predicted molar refractivity (Wildman–Crippen MR) is 100 cm³/mol. The van der Waals surface area contributed by atoms with Crippen LogP contribution in [0.3, 0.4) is 0 Å². The summed E-state index contributed by atoms with van der Waals surface area (Å²) in [6.07, 6.45) is 5.05. The maximum absolute atomic E-state index is 11.8. The zero-order valence-corrected chi connectivity index (χ0v) is 16.4. The molecule has 0 fully saturated rings. The minimum absolute atomic E-state index is 0.0446. The Bertz CT molecular complexity index is 666. The molecule has 0 bridgehead atoms. The number of rotatable bonds is 13. The molecule has 0 saturated heterocycles. The summed E-state index contributed by atoms with van der Waals surface area (Å²) in [5, 5.41) is 5.04. The monoisotopic (exact) mass is 383 g/mol. The second-order valence-electron chi connectivity index (χ2n) is 6.26. The van der Waals surface area contributed by atoms with E-state index < -0.39 is 15.9 Å². The molecule has 6 nitrogen and oxygen atoms in total. The summed E-state index contributed by atoms with van der Waals surface area (Å²) >= 11 is 0. The van der Waals surface area contributed by atoms with Crippen LogP contribution in [0.2, 0.25) is 0 Å². The van der Waals surface area contributed by atoms with Crippen molar-refractivity contribution in [3.63, 3.8) is 0 Å². The van der Waals surface area contributed by atoms with Crippen molar-refractivity contribution in [2.45, 2.75) is 63.7 Å². The number of hydrogen-bond acceptors (Lipinski definition) is 5. The Morgan fingerprint density at radius 3 is 2.00 bits per heavy atom. The zero-order chi connectivity index (χ0) is 19.6. The van der Waals surface area contributed by atoms with Crippen molar-refractivity contribution in [2.24, 2.45) is 11.1 Å². The molecule has 0 saturated carbocycles. The molecule has 0 aliphatic rings. The number of carbonyl (C=O) groups is 2. The smallest absolute Gasteiger partial charge is 0.238 e. The lowest BCUT2D eigenvalue weighted by Gasteiger charge is -2.13. The Balaban J connectivity index is 2.24. The van der Waals surface area contributed by atoms with Gasteiger partial charge in [-0.25, -0.2) is 13.6 Å². The van der Waals surface area contributed by atoms with Crippen molar-refractivity contribution in [3.05, 3.63) is 24.3 Å². The van der Waals surface area contributed by atoms with Gasteiger partial charge in [-0.2, -0.15) is 0 Å². The van der Waals surface area contributed by atoms with E-state index in [1.54, 1.807) is 26.0 Å². The summed E-state index contributed by atoms with van der Waals surface area (Å²) in [6, 6.07) is 5.99. The van der Waals surface area contributed by atoms with E-state index in [0.717, 1.165) is 25.7 Å². The lowest BCUT2D eigenvalue weighted by Crippen LogP contribution is -2.22. The third kappa shape index (κ3) is 7.66. The summed E-state index contributed by atoms with van der Waals surface area (Å²) in [5.74, 6) is 0.254. The molecule has 0 atom stereocenters. The van der Waals surface area contributed by atoms with Crippen LogP contribution in [-0.4, -0.2) is 26.6 Å². The van der Waals surface area contributed by atoms with Gasteiger partial charge in [-0.05, 0) is 37.1 Å². The SMILES string of the molecule is CCC(=O)C(CCCCCCOc1ccc(S(N)(=O)=O)cc1)C(=O)CC. The van der Waals surface area contributed by atoms with Gasteiger partial charge in [0, 0.05) is 12.8 Å². The molecule has 0 aliphatic heterocycles. The number of sulfonamides is 1. The van der Waals surface area contributed by atoms with Gasteiger partial charge in [0.15, 0.2) is 0 Å². The zero-order valence-electron chi connectivity index (χ0n) is 15.6. The highest BCUT2D eigenvalue weighted by Gasteiger charge is 2.22. The standard InChI is InChI=1S/C19H29NO5S/c1-3-18(21)17(19(22)4-2)9-7-5-6-8-14-25-15-10-12-16(13-11-15)26(20,23)24/h10-13,17H,3-9,14H2,1-2H3,(H2,20,23,24). The molecular weight excluding hydrogens is 354 g/mol. The first-order valence-electron chi connectivity index (χ1n) is 9.10. The summed E-state index contributed by atoms with van der Waals surface area (Å²) < 4.78 is 27.9. The Morgan fingerprint density at radius 2 is 1.50 bits per heavy atom. The highest BCUT2D eigenvalue weighted by atomic mass is 32.2. The van der Waals surface area contributed by atoms with E-state index in [0.29, 0.717) is 31.6 Å². The van der Waals surface area contributed by atoms with Gasteiger partial charge in [0.05, 0.1) is 17.4 Å². The molecule has 0 unspecified atom stereocenters. The summed E-state index contributed by atoms with van der Waals surface area (Å²) in [5.41, 5.74) is 0. The van der Waals surface area contributed by atoms with Crippen LogP contribution in [0.1, 0.15) is 58.8 Å². The van der Waals surface area contributed by atoms with Gasteiger partial charge >= 0.3 is 0 Å². The van der Waals surface area contributed by atoms with E-state index in [4.69, 9.17) is 9.88 Å². The van der Waals surface area contributed by atoms with Gasteiger partial charge in [-0.1, -0.05) is 33.1 Å². The predicted octanol–water partition coefficient (Wildman–Crippen LogP) is 3.24. The van der Waals surface area contributed by atoms with Crippen LogP contribution in [0.4, 0.5) is 0 Å². The third-order valence-electron chi connectivity index (χ3n) is 4.28. The molecule has 2 N–H and O–H groups in total. The normalized spacial score (nSPS) is 11.5. The average Bonchev–Trinajstić information content (AvgIpc) is 2.62. The minimum atomic E-state index is -3.68. The highest BCUT2D eigenvalue weighted by Crippen LogP contribution is 2.17. The summed E-state index contributed by atoms with van der Waals surface area (Å²) in [4.78, 5) is 23.7. The van der Waals surface area contributed by atoms with Crippen molar-refractivity contribution >= 4 is 21.6 Å². The molecule has 146 valence electrons. The fraction of sp³-hybridized carbons (Fsp3) is 0.579. The fourth-order valence-corrected chi connectivity index (χ4v) is 3.23. The Hall–Kier alpha value is -1.73. The number of nitrogens with two attached hydrogens (primary N) is 1. The van der Waals surface area contributed by atoms with E-state index in [1.807, 2.05) is 0 Å². The molecule has 1 rings (SSSR count). The number of Topliss-reactive ketones (excluding diaryl/α,β-unsaturated/α-hetero) is 2.